The molecule has 0 aliphatic heterocycles. The first kappa shape index (κ1) is 28.0. The van der Waals surface area contributed by atoms with Crippen LogP contribution in [0.4, 0.5) is 0 Å². The molecule has 0 rings (SSSR count). The van der Waals surface area contributed by atoms with Crippen molar-refractivity contribution in [2.24, 2.45) is 5.92 Å². The highest BCUT2D eigenvalue weighted by Gasteiger charge is 2.17. The lowest BCUT2D eigenvalue weighted by Gasteiger charge is -2.24. The molecule has 0 aliphatic rings. The van der Waals surface area contributed by atoms with Crippen LogP contribution in [-0.2, 0) is 0 Å². The molecule has 1 radical (unpaired) electrons. The van der Waals surface area contributed by atoms with E-state index in [0.717, 1.165) is 5.92 Å². The first-order valence-electron chi connectivity index (χ1n) is 13.6. The van der Waals surface area contributed by atoms with Gasteiger partial charge in [-0.15, -0.1) is 0 Å². The summed E-state index contributed by atoms with van der Waals surface area (Å²) in [6.45, 7) is 9.49. The molecule has 0 heteroatoms. The lowest BCUT2D eigenvalue weighted by atomic mass is 9.82. The van der Waals surface area contributed by atoms with Crippen LogP contribution in [0.15, 0.2) is 0 Å². The van der Waals surface area contributed by atoms with Gasteiger partial charge in [0.15, 0.2) is 0 Å². The summed E-state index contributed by atoms with van der Waals surface area (Å²) in [5.41, 5.74) is 0. The zero-order valence-corrected chi connectivity index (χ0v) is 20.6. The van der Waals surface area contributed by atoms with Crippen LogP contribution >= 0.6 is 0 Å². The lowest BCUT2D eigenvalue weighted by Crippen LogP contribution is -2.10. The van der Waals surface area contributed by atoms with Crippen LogP contribution in [-0.4, -0.2) is 0 Å². The third-order valence-corrected chi connectivity index (χ3v) is 6.64. The molecule has 1 atom stereocenters. The van der Waals surface area contributed by atoms with E-state index in [4.69, 9.17) is 0 Å². The molecule has 0 aliphatic carbocycles. The van der Waals surface area contributed by atoms with E-state index in [1.54, 1.807) is 0 Å². The third-order valence-electron chi connectivity index (χ3n) is 6.64. The van der Waals surface area contributed by atoms with Crippen LogP contribution in [0.3, 0.4) is 0 Å². The van der Waals surface area contributed by atoms with Crippen LogP contribution in [0.2, 0.25) is 0 Å². The standard InChI is InChI=1S/C28H57/c1-5-8-11-13-15-17-19-22-24-27(4)28(25-21-10-7-3)26-23-20-18-16-14-12-9-6-2/h27H,5-26H2,1-4H3. The first-order chi connectivity index (χ1) is 13.8. The summed E-state index contributed by atoms with van der Waals surface area (Å²) in [4.78, 5) is 0. The highest BCUT2D eigenvalue weighted by molar-refractivity contribution is 4.94. The second-order valence-corrected chi connectivity index (χ2v) is 9.50. The fourth-order valence-corrected chi connectivity index (χ4v) is 4.49. The lowest BCUT2D eigenvalue weighted by molar-refractivity contribution is 0.430. The number of rotatable bonds is 23. The Hall–Kier alpha value is 0. The van der Waals surface area contributed by atoms with Gasteiger partial charge in [-0.25, -0.2) is 0 Å². The van der Waals surface area contributed by atoms with E-state index >= 15 is 0 Å². The van der Waals surface area contributed by atoms with E-state index in [2.05, 4.69) is 27.7 Å². The van der Waals surface area contributed by atoms with E-state index < -0.39 is 0 Å². The number of hydrogen-bond donors (Lipinski definition) is 0. The monoisotopic (exact) mass is 393 g/mol. The van der Waals surface area contributed by atoms with Gasteiger partial charge < -0.3 is 0 Å². The molecular weight excluding hydrogens is 336 g/mol. The molecule has 0 aromatic rings. The predicted octanol–water partition coefficient (Wildman–Crippen LogP) is 10.8. The van der Waals surface area contributed by atoms with Gasteiger partial charge in [0.2, 0.25) is 0 Å². The molecule has 0 amide bonds. The zero-order valence-electron chi connectivity index (χ0n) is 20.6. The minimum atomic E-state index is 0.876. The highest BCUT2D eigenvalue weighted by Crippen LogP contribution is 2.31. The topological polar surface area (TPSA) is 0 Å². The van der Waals surface area contributed by atoms with E-state index in [-0.39, 0.29) is 0 Å². The number of unbranched alkanes of at least 4 members (excludes halogenated alkanes) is 16. The molecule has 0 N–H and O–H groups in total. The molecular formula is C28H57. The fourth-order valence-electron chi connectivity index (χ4n) is 4.49. The Morgan fingerprint density at radius 3 is 1.21 bits per heavy atom. The van der Waals surface area contributed by atoms with Gasteiger partial charge in [0.1, 0.15) is 0 Å². The second kappa shape index (κ2) is 23.3. The van der Waals surface area contributed by atoms with Crippen molar-refractivity contribution < 1.29 is 0 Å². The van der Waals surface area contributed by atoms with Crippen molar-refractivity contribution in [3.63, 3.8) is 0 Å². The van der Waals surface area contributed by atoms with Gasteiger partial charge in [-0.2, -0.15) is 0 Å². The van der Waals surface area contributed by atoms with Crippen LogP contribution in [0.1, 0.15) is 169 Å². The number of hydrogen-bond acceptors (Lipinski definition) is 0. The van der Waals surface area contributed by atoms with Crippen molar-refractivity contribution in [2.45, 2.75) is 169 Å². The highest BCUT2D eigenvalue weighted by atomic mass is 14.2. The Balaban J connectivity index is 3.84. The maximum atomic E-state index is 2.53. The Kier molecular flexibility index (Phi) is 23.3. The average molecular weight is 394 g/mol. The van der Waals surface area contributed by atoms with Crippen molar-refractivity contribution in [1.82, 2.24) is 0 Å². The molecule has 0 saturated carbocycles. The van der Waals surface area contributed by atoms with Crippen molar-refractivity contribution >= 4 is 0 Å². The summed E-state index contributed by atoms with van der Waals surface area (Å²) < 4.78 is 0. The first-order valence-corrected chi connectivity index (χ1v) is 13.6. The van der Waals surface area contributed by atoms with Crippen molar-refractivity contribution in [2.75, 3.05) is 0 Å². The normalized spacial score (nSPS) is 12.8. The molecule has 0 nitrogen and oxygen atoms in total. The Labute approximate surface area is 181 Å². The smallest absolute Gasteiger partial charge is 0.0213 e. The summed E-state index contributed by atoms with van der Waals surface area (Å²) in [5.74, 6) is 2.80. The van der Waals surface area contributed by atoms with Gasteiger partial charge in [-0.3, -0.25) is 0 Å². The molecule has 0 fully saturated rings. The quantitative estimate of drug-likeness (QED) is 0.151. The van der Waals surface area contributed by atoms with Gasteiger partial charge in [-0.05, 0) is 24.7 Å². The molecule has 1 unspecified atom stereocenters. The molecule has 0 spiro atoms. The molecule has 0 heterocycles. The molecule has 0 aromatic carbocycles. The van der Waals surface area contributed by atoms with Crippen LogP contribution in [0.5, 0.6) is 0 Å². The van der Waals surface area contributed by atoms with Crippen molar-refractivity contribution in [3.8, 4) is 0 Å². The SMILES string of the molecule is CCCCCCCCCC[C](CCCCC)C(C)CCCCCCCCCC. The summed E-state index contributed by atoms with van der Waals surface area (Å²) in [6.07, 6.45) is 31.7. The van der Waals surface area contributed by atoms with Gasteiger partial charge in [0, 0.05) is 0 Å². The summed E-state index contributed by atoms with van der Waals surface area (Å²) >= 11 is 0. The summed E-state index contributed by atoms with van der Waals surface area (Å²) in [5, 5.41) is 0. The van der Waals surface area contributed by atoms with E-state index in [0.29, 0.717) is 0 Å². The van der Waals surface area contributed by atoms with Crippen molar-refractivity contribution in [1.29, 1.82) is 0 Å². The minimum absolute atomic E-state index is 0.876. The largest absolute Gasteiger partial charge is 0.0654 e. The Morgan fingerprint density at radius 1 is 0.429 bits per heavy atom. The molecule has 28 heavy (non-hydrogen) atoms. The Bertz CT molecular complexity index is 269. The van der Waals surface area contributed by atoms with Gasteiger partial charge >= 0.3 is 0 Å². The summed E-state index contributed by atoms with van der Waals surface area (Å²) in [6, 6.07) is 0. The van der Waals surface area contributed by atoms with Gasteiger partial charge in [0.25, 0.3) is 0 Å². The van der Waals surface area contributed by atoms with Crippen LogP contribution in [0.25, 0.3) is 0 Å². The van der Waals surface area contributed by atoms with E-state index in [1.807, 2.05) is 5.92 Å². The second-order valence-electron chi connectivity index (χ2n) is 9.50. The fraction of sp³-hybridized carbons (Fsp3) is 0.964. The Morgan fingerprint density at radius 2 is 0.750 bits per heavy atom. The summed E-state index contributed by atoms with van der Waals surface area (Å²) in [7, 11) is 0. The van der Waals surface area contributed by atoms with Crippen LogP contribution in [0, 0.1) is 11.8 Å². The molecule has 169 valence electrons. The van der Waals surface area contributed by atoms with E-state index in [1.165, 1.54) is 141 Å². The van der Waals surface area contributed by atoms with Crippen LogP contribution < -0.4 is 0 Å². The van der Waals surface area contributed by atoms with Gasteiger partial charge in [-0.1, -0.05) is 156 Å². The maximum absolute atomic E-state index is 2.53. The predicted molar refractivity (Wildman–Crippen MR) is 131 cm³/mol. The molecule has 0 saturated heterocycles. The van der Waals surface area contributed by atoms with Gasteiger partial charge in [0.05, 0.1) is 0 Å². The minimum Gasteiger partial charge on any atom is -0.0654 e. The zero-order chi connectivity index (χ0) is 20.7. The third kappa shape index (κ3) is 19.3. The maximum Gasteiger partial charge on any atom is -0.0213 e. The molecule has 0 bridgehead atoms. The average Bonchev–Trinajstić information content (AvgIpc) is 2.70. The molecule has 0 aromatic heterocycles. The van der Waals surface area contributed by atoms with Crippen molar-refractivity contribution in [3.05, 3.63) is 5.92 Å². The van der Waals surface area contributed by atoms with E-state index in [9.17, 15) is 0 Å².